The van der Waals surface area contributed by atoms with Gasteiger partial charge in [-0.05, 0) is 34.6 Å². The molecule has 0 bridgehead atoms. The fourth-order valence-corrected chi connectivity index (χ4v) is 3.27. The van der Waals surface area contributed by atoms with Crippen molar-refractivity contribution in [1.29, 1.82) is 5.26 Å². The van der Waals surface area contributed by atoms with Crippen molar-refractivity contribution in [2.45, 2.75) is 40.2 Å². The van der Waals surface area contributed by atoms with Crippen molar-refractivity contribution in [1.82, 2.24) is 4.90 Å². The van der Waals surface area contributed by atoms with E-state index in [0.29, 0.717) is 13.2 Å². The molecule has 0 saturated heterocycles. The van der Waals surface area contributed by atoms with E-state index in [1.54, 1.807) is 18.7 Å². The van der Waals surface area contributed by atoms with Crippen molar-refractivity contribution in [3.8, 4) is 6.07 Å². The van der Waals surface area contributed by atoms with Crippen LogP contribution in [0.3, 0.4) is 0 Å². The molecule has 0 atom stereocenters. The lowest BCUT2D eigenvalue weighted by atomic mass is 10.1. The van der Waals surface area contributed by atoms with Gasteiger partial charge >= 0.3 is 7.60 Å². The minimum atomic E-state index is -3.13. The quantitative estimate of drug-likeness (QED) is 0.521. The maximum Gasteiger partial charge on any atom is 0.344 e. The van der Waals surface area contributed by atoms with Crippen molar-refractivity contribution >= 4 is 7.60 Å². The predicted octanol–water partition coefficient (Wildman–Crippen LogP) is 2.83. The normalized spacial score (nSPS) is 12.8. The van der Waals surface area contributed by atoms with Gasteiger partial charge in [-0.1, -0.05) is 0 Å². The van der Waals surface area contributed by atoms with Crippen molar-refractivity contribution in [3.05, 3.63) is 0 Å². The monoisotopic (exact) mass is 262 g/mol. The van der Waals surface area contributed by atoms with E-state index >= 15 is 0 Å². The molecule has 0 aliphatic rings. The van der Waals surface area contributed by atoms with Crippen LogP contribution in [0.2, 0.25) is 0 Å². The highest BCUT2D eigenvalue weighted by atomic mass is 31.2. The van der Waals surface area contributed by atoms with Gasteiger partial charge in [0.05, 0.1) is 25.8 Å². The molecule has 0 spiro atoms. The van der Waals surface area contributed by atoms with E-state index in [-0.39, 0.29) is 18.4 Å². The molecule has 100 valence electrons. The summed E-state index contributed by atoms with van der Waals surface area (Å²) in [5, 5.41) is 8.79. The maximum absolute atomic E-state index is 12.3. The first-order valence-corrected chi connectivity index (χ1v) is 7.52. The Labute approximate surface area is 104 Å². The Balaban J connectivity index is 4.81. The Morgan fingerprint density at radius 1 is 1.24 bits per heavy atom. The molecule has 0 aliphatic carbocycles. The number of hydrogen-bond donors (Lipinski definition) is 0. The lowest BCUT2D eigenvalue weighted by Gasteiger charge is -2.35. The van der Waals surface area contributed by atoms with Gasteiger partial charge in [-0.25, -0.2) is 0 Å². The molecule has 0 saturated carbocycles. The molecule has 5 nitrogen and oxygen atoms in total. The Morgan fingerprint density at radius 3 is 2.00 bits per heavy atom. The van der Waals surface area contributed by atoms with Gasteiger partial charge in [0.2, 0.25) is 0 Å². The Hall–Kier alpha value is -0.400. The third-order valence-electron chi connectivity index (χ3n) is 2.21. The van der Waals surface area contributed by atoms with Crippen LogP contribution in [-0.4, -0.2) is 36.5 Å². The summed E-state index contributed by atoms with van der Waals surface area (Å²) in [5.74, 6) is 0. The molecule has 0 heterocycles. The third-order valence-corrected chi connectivity index (χ3v) is 4.20. The smallest absolute Gasteiger partial charge is 0.308 e. The van der Waals surface area contributed by atoms with Crippen LogP contribution in [0, 0.1) is 11.3 Å². The molecule has 0 amide bonds. The highest BCUT2D eigenvalue weighted by molar-refractivity contribution is 7.53. The zero-order chi connectivity index (χ0) is 13.5. The Morgan fingerprint density at radius 2 is 1.71 bits per heavy atom. The van der Waals surface area contributed by atoms with Gasteiger partial charge in [0.1, 0.15) is 6.29 Å². The fourth-order valence-electron chi connectivity index (χ4n) is 1.31. The van der Waals surface area contributed by atoms with Gasteiger partial charge in [-0.2, -0.15) is 5.26 Å². The molecule has 0 rings (SSSR count). The van der Waals surface area contributed by atoms with Crippen LogP contribution in [0.25, 0.3) is 0 Å². The van der Waals surface area contributed by atoms with Crippen LogP contribution in [0.5, 0.6) is 0 Å². The summed E-state index contributed by atoms with van der Waals surface area (Å²) in [5.41, 5.74) is -0.250. The average Bonchev–Trinajstić information content (AvgIpc) is 2.16. The molecule has 0 aromatic heterocycles. The third kappa shape index (κ3) is 6.18. The van der Waals surface area contributed by atoms with Crippen LogP contribution < -0.4 is 0 Å². The van der Waals surface area contributed by atoms with Crippen LogP contribution in [0.4, 0.5) is 0 Å². The molecule has 0 aromatic rings. The molecule has 0 unspecified atom stereocenters. The molecule has 0 aromatic carbocycles. The van der Waals surface area contributed by atoms with Gasteiger partial charge in [0.15, 0.2) is 0 Å². The lowest BCUT2D eigenvalue weighted by molar-refractivity contribution is 0.148. The van der Waals surface area contributed by atoms with Gasteiger partial charge in [-0.15, -0.1) is 0 Å². The largest absolute Gasteiger partial charge is 0.344 e. The van der Waals surface area contributed by atoms with E-state index in [2.05, 4.69) is 6.07 Å². The second kappa shape index (κ2) is 7.13. The molecule has 6 heteroatoms. The first-order chi connectivity index (χ1) is 7.79. The van der Waals surface area contributed by atoms with E-state index in [0.717, 1.165) is 0 Å². The zero-order valence-corrected chi connectivity index (χ0v) is 12.3. The first kappa shape index (κ1) is 16.6. The topological polar surface area (TPSA) is 62.6 Å². The summed E-state index contributed by atoms with van der Waals surface area (Å²) in [6.07, 6.45) is 0.145. The summed E-state index contributed by atoms with van der Waals surface area (Å²) in [4.78, 5) is 1.80. The minimum absolute atomic E-state index is 0.145. The van der Waals surface area contributed by atoms with Crippen LogP contribution >= 0.6 is 7.60 Å². The number of nitriles is 1. The summed E-state index contributed by atoms with van der Waals surface area (Å²) in [6, 6.07) is 2.07. The molecular weight excluding hydrogens is 239 g/mol. The van der Waals surface area contributed by atoms with Gasteiger partial charge < -0.3 is 9.05 Å². The molecule has 0 N–H and O–H groups in total. The van der Waals surface area contributed by atoms with E-state index in [1.165, 1.54) is 0 Å². The molecular formula is C11H23N2O3P. The van der Waals surface area contributed by atoms with Crippen LogP contribution in [0.1, 0.15) is 34.6 Å². The van der Waals surface area contributed by atoms with E-state index < -0.39 is 7.60 Å². The second-order valence-corrected chi connectivity index (χ2v) is 6.64. The van der Waals surface area contributed by atoms with Crippen molar-refractivity contribution in [2.75, 3.05) is 26.0 Å². The number of hydrogen-bond acceptors (Lipinski definition) is 5. The Bertz CT molecular complexity index is 297. The molecule has 17 heavy (non-hydrogen) atoms. The van der Waals surface area contributed by atoms with Crippen molar-refractivity contribution in [2.24, 2.45) is 0 Å². The summed E-state index contributed by atoms with van der Waals surface area (Å²) < 4.78 is 22.8. The fraction of sp³-hybridized carbons (Fsp3) is 0.909. The standard InChI is InChI=1S/C11H23N2O3P/c1-6-15-17(14,16-7-2)10-13(9-8-12)11(3,4)5/h6-7,9-10H2,1-5H3. The highest BCUT2D eigenvalue weighted by Gasteiger charge is 2.32. The summed E-state index contributed by atoms with van der Waals surface area (Å²) in [6.45, 7) is 10.3. The minimum Gasteiger partial charge on any atom is -0.308 e. The second-order valence-electron chi connectivity index (χ2n) is 4.61. The molecule has 0 radical (unpaired) electrons. The molecule has 0 fully saturated rings. The van der Waals surface area contributed by atoms with E-state index in [4.69, 9.17) is 14.3 Å². The first-order valence-electron chi connectivity index (χ1n) is 5.79. The summed E-state index contributed by atoms with van der Waals surface area (Å²) >= 11 is 0. The van der Waals surface area contributed by atoms with Crippen LogP contribution in [0.15, 0.2) is 0 Å². The average molecular weight is 262 g/mol. The van der Waals surface area contributed by atoms with E-state index in [1.807, 2.05) is 20.8 Å². The SMILES string of the molecule is CCOP(=O)(CN(CC#N)C(C)(C)C)OCC. The molecule has 0 aliphatic heterocycles. The zero-order valence-electron chi connectivity index (χ0n) is 11.4. The Kier molecular flexibility index (Phi) is 6.96. The number of nitrogens with zero attached hydrogens (tertiary/aromatic N) is 2. The highest BCUT2D eigenvalue weighted by Crippen LogP contribution is 2.49. The van der Waals surface area contributed by atoms with Gasteiger partial charge in [0.25, 0.3) is 0 Å². The van der Waals surface area contributed by atoms with Gasteiger partial charge in [0, 0.05) is 5.54 Å². The van der Waals surface area contributed by atoms with E-state index in [9.17, 15) is 4.57 Å². The maximum atomic E-state index is 12.3. The number of rotatable bonds is 7. The van der Waals surface area contributed by atoms with Gasteiger partial charge in [-0.3, -0.25) is 9.46 Å². The van der Waals surface area contributed by atoms with Crippen LogP contribution in [-0.2, 0) is 13.6 Å². The van der Waals surface area contributed by atoms with Crippen molar-refractivity contribution in [3.63, 3.8) is 0 Å². The van der Waals surface area contributed by atoms with Crippen molar-refractivity contribution < 1.29 is 13.6 Å². The lowest BCUT2D eigenvalue weighted by Crippen LogP contribution is -2.42. The predicted molar refractivity (Wildman–Crippen MR) is 67.8 cm³/mol. The summed E-state index contributed by atoms with van der Waals surface area (Å²) in [7, 11) is -3.13.